The molecule has 2 saturated carbocycles. The largest absolute Gasteiger partial charge is 0.496 e. The number of non-ortho nitro benzene ring substituents is 1. The van der Waals surface area contributed by atoms with E-state index in [0.29, 0.717) is 34.7 Å². The number of furan rings is 1. The molecule has 6 atom stereocenters. The van der Waals surface area contributed by atoms with E-state index >= 15 is 0 Å². The van der Waals surface area contributed by atoms with Crippen molar-refractivity contribution in [3.05, 3.63) is 58.4 Å². The van der Waals surface area contributed by atoms with Crippen molar-refractivity contribution in [3.8, 4) is 17.1 Å². The highest BCUT2D eigenvalue weighted by atomic mass is 16.6. The van der Waals surface area contributed by atoms with Gasteiger partial charge >= 0.3 is 0 Å². The summed E-state index contributed by atoms with van der Waals surface area (Å²) in [4.78, 5) is 36.6. The first-order valence-corrected chi connectivity index (χ1v) is 10.5. The lowest BCUT2D eigenvalue weighted by Gasteiger charge is -2.37. The van der Waals surface area contributed by atoms with E-state index < -0.39 is 4.92 Å². The number of methoxy groups -OCH3 is 1. The Morgan fingerprint density at radius 1 is 1.12 bits per heavy atom. The predicted molar refractivity (Wildman–Crippen MR) is 111 cm³/mol. The number of hydrazone groups is 1. The number of allylic oxidation sites excluding steroid dienone is 2. The van der Waals surface area contributed by atoms with Crippen LogP contribution in [0.2, 0.25) is 0 Å². The van der Waals surface area contributed by atoms with Crippen LogP contribution in [-0.2, 0) is 9.59 Å². The highest BCUT2D eigenvalue weighted by Gasteiger charge is 2.67. The van der Waals surface area contributed by atoms with Crippen molar-refractivity contribution in [2.45, 2.75) is 6.42 Å². The number of carbonyl (C=O) groups excluding carboxylic acids is 2. The van der Waals surface area contributed by atoms with Gasteiger partial charge in [0.1, 0.15) is 17.3 Å². The number of hydrogen-bond donors (Lipinski definition) is 0. The van der Waals surface area contributed by atoms with Crippen molar-refractivity contribution < 1.29 is 23.7 Å². The Morgan fingerprint density at radius 2 is 1.81 bits per heavy atom. The smallest absolute Gasteiger partial charge is 0.270 e. The van der Waals surface area contributed by atoms with Crippen LogP contribution in [0.3, 0.4) is 0 Å². The summed E-state index contributed by atoms with van der Waals surface area (Å²) in [5.74, 6) is 1.33. The molecule has 1 aromatic heterocycles. The van der Waals surface area contributed by atoms with E-state index in [2.05, 4.69) is 17.3 Å². The minimum absolute atomic E-state index is 0.0930. The number of nitro benzene ring substituents is 1. The third-order valence-electron chi connectivity index (χ3n) is 7.23. The molecule has 0 radical (unpaired) electrons. The van der Waals surface area contributed by atoms with E-state index in [0.717, 1.165) is 11.4 Å². The first kappa shape index (κ1) is 19.0. The average molecular weight is 433 g/mol. The van der Waals surface area contributed by atoms with Gasteiger partial charge in [-0.1, -0.05) is 12.2 Å². The molecule has 4 aliphatic carbocycles. The fourth-order valence-corrected chi connectivity index (χ4v) is 5.74. The normalized spacial score (nSPS) is 31.8. The second-order valence-electron chi connectivity index (χ2n) is 8.73. The average Bonchev–Trinajstić information content (AvgIpc) is 3.44. The fraction of sp³-hybridized carbons (Fsp3) is 0.348. The number of nitro groups is 1. The summed E-state index contributed by atoms with van der Waals surface area (Å²) < 4.78 is 11.0. The van der Waals surface area contributed by atoms with Crippen LogP contribution in [0, 0.1) is 45.6 Å². The molecule has 32 heavy (non-hydrogen) atoms. The number of imide groups is 1. The van der Waals surface area contributed by atoms with Crippen LogP contribution in [0.4, 0.5) is 5.69 Å². The molecular weight excluding hydrogens is 414 g/mol. The van der Waals surface area contributed by atoms with E-state index in [1.54, 1.807) is 12.1 Å². The van der Waals surface area contributed by atoms with Gasteiger partial charge in [-0.25, -0.2) is 0 Å². The fourth-order valence-electron chi connectivity index (χ4n) is 5.74. The summed E-state index contributed by atoms with van der Waals surface area (Å²) in [5, 5.41) is 16.3. The highest BCUT2D eigenvalue weighted by molar-refractivity contribution is 6.06. The number of hydrogen-bond acceptors (Lipinski definition) is 7. The maximum atomic E-state index is 13.0. The lowest BCUT2D eigenvalue weighted by molar-refractivity contribution is -0.384. The Balaban J connectivity index is 1.26. The van der Waals surface area contributed by atoms with Crippen LogP contribution in [0.15, 0.2) is 52.0 Å². The lowest BCUT2D eigenvalue weighted by atomic mass is 9.63. The minimum Gasteiger partial charge on any atom is -0.496 e. The molecule has 2 heterocycles. The number of carbonyl (C=O) groups is 2. The van der Waals surface area contributed by atoms with Gasteiger partial charge < -0.3 is 9.15 Å². The van der Waals surface area contributed by atoms with Gasteiger partial charge in [0.25, 0.3) is 17.5 Å². The van der Waals surface area contributed by atoms with Gasteiger partial charge in [0.15, 0.2) is 0 Å². The summed E-state index contributed by atoms with van der Waals surface area (Å²) >= 11 is 0. The molecule has 6 unspecified atom stereocenters. The zero-order valence-electron chi connectivity index (χ0n) is 17.1. The van der Waals surface area contributed by atoms with Crippen LogP contribution >= 0.6 is 0 Å². The van der Waals surface area contributed by atoms with E-state index in [-0.39, 0.29) is 41.2 Å². The third kappa shape index (κ3) is 2.60. The second-order valence-corrected chi connectivity index (χ2v) is 8.73. The monoisotopic (exact) mass is 433 g/mol. The Kier molecular flexibility index (Phi) is 3.93. The summed E-state index contributed by atoms with van der Waals surface area (Å²) in [6.45, 7) is 0. The van der Waals surface area contributed by atoms with Crippen molar-refractivity contribution in [2.75, 3.05) is 7.11 Å². The van der Waals surface area contributed by atoms with Gasteiger partial charge in [-0.15, -0.1) is 0 Å². The van der Waals surface area contributed by atoms with E-state index in [1.807, 2.05) is 0 Å². The molecule has 162 valence electrons. The van der Waals surface area contributed by atoms with Gasteiger partial charge in [0.2, 0.25) is 0 Å². The van der Waals surface area contributed by atoms with Crippen LogP contribution < -0.4 is 4.74 Å². The Hall–Kier alpha value is -3.75. The molecule has 7 rings (SSSR count). The number of nitrogens with zero attached hydrogens (tertiary/aromatic N) is 3. The Bertz CT molecular complexity index is 1190. The molecule has 2 aromatic rings. The van der Waals surface area contributed by atoms with E-state index in [1.165, 1.54) is 31.5 Å². The first-order chi connectivity index (χ1) is 15.5. The maximum Gasteiger partial charge on any atom is 0.270 e. The Labute approximate surface area is 182 Å². The molecular formula is C23H19N3O6. The van der Waals surface area contributed by atoms with Crippen molar-refractivity contribution in [1.29, 1.82) is 0 Å². The zero-order chi connectivity index (χ0) is 22.1. The van der Waals surface area contributed by atoms with Gasteiger partial charge in [-0.3, -0.25) is 19.7 Å². The second kappa shape index (κ2) is 6.62. The quantitative estimate of drug-likeness (QED) is 0.235. The summed E-state index contributed by atoms with van der Waals surface area (Å²) in [6.07, 6.45) is 6.67. The standard InChI is InChI=1S/C23H19N3O6/c1-31-18-6-2-11(26(29)30)8-17(18)19-7-3-12(32-19)10-24-25-22(27)20-13-4-5-14(16-9-15(13)16)21(20)23(25)28/h2-8,10,13-16,20-21H,9H2,1H3/b24-10+. The summed E-state index contributed by atoms with van der Waals surface area (Å²) in [6, 6.07) is 7.47. The van der Waals surface area contributed by atoms with Crippen LogP contribution in [0.1, 0.15) is 12.2 Å². The molecule has 9 heteroatoms. The highest BCUT2D eigenvalue weighted by Crippen LogP contribution is 2.65. The first-order valence-electron chi connectivity index (χ1n) is 10.5. The molecule has 1 saturated heterocycles. The van der Waals surface area contributed by atoms with E-state index in [4.69, 9.17) is 9.15 Å². The summed E-state index contributed by atoms with van der Waals surface area (Å²) in [5.41, 5.74) is 0.326. The van der Waals surface area contributed by atoms with Crippen molar-refractivity contribution in [1.82, 2.24) is 5.01 Å². The van der Waals surface area contributed by atoms with Crippen LogP contribution in [0.5, 0.6) is 5.75 Å². The molecule has 0 spiro atoms. The zero-order valence-corrected chi connectivity index (χ0v) is 17.1. The number of benzene rings is 1. The van der Waals surface area contributed by atoms with Gasteiger partial charge in [-0.05, 0) is 48.3 Å². The van der Waals surface area contributed by atoms with Crippen molar-refractivity contribution in [3.63, 3.8) is 0 Å². The molecule has 5 aliphatic rings. The third-order valence-corrected chi connectivity index (χ3v) is 7.23. The molecule has 9 nitrogen and oxygen atoms in total. The van der Waals surface area contributed by atoms with E-state index in [9.17, 15) is 19.7 Å². The number of ether oxygens (including phenoxy) is 1. The van der Waals surface area contributed by atoms with Crippen LogP contribution in [0.25, 0.3) is 11.3 Å². The topological polar surface area (TPSA) is 115 Å². The molecule has 1 aliphatic heterocycles. The van der Waals surface area contributed by atoms with Gasteiger partial charge in [-0.2, -0.15) is 10.1 Å². The molecule has 3 fully saturated rings. The van der Waals surface area contributed by atoms with Gasteiger partial charge in [0, 0.05) is 12.1 Å². The molecule has 0 N–H and O–H groups in total. The Morgan fingerprint density at radius 3 is 2.44 bits per heavy atom. The minimum atomic E-state index is -0.496. The molecule has 1 aromatic carbocycles. The van der Waals surface area contributed by atoms with Crippen molar-refractivity contribution >= 4 is 23.7 Å². The molecule has 2 bridgehead atoms. The van der Waals surface area contributed by atoms with Crippen molar-refractivity contribution in [2.24, 2.45) is 40.6 Å². The predicted octanol–water partition coefficient (Wildman–Crippen LogP) is 3.25. The number of rotatable bonds is 5. The van der Waals surface area contributed by atoms with Crippen LogP contribution in [-0.4, -0.2) is 35.1 Å². The maximum absolute atomic E-state index is 13.0. The molecule has 2 amide bonds. The van der Waals surface area contributed by atoms with Gasteiger partial charge in [0.05, 0.1) is 35.6 Å². The SMILES string of the molecule is COc1ccc([N+](=O)[O-])cc1-c1ccc(/C=N/N2C(=O)C3C4C=CC(C5CC45)C3C2=O)o1. The number of amides is 2. The lowest BCUT2D eigenvalue weighted by Crippen LogP contribution is -2.40. The summed E-state index contributed by atoms with van der Waals surface area (Å²) in [7, 11) is 1.46.